The van der Waals surface area contributed by atoms with Crippen molar-refractivity contribution in [1.29, 1.82) is 5.26 Å². The Kier molecular flexibility index (Phi) is 6.23. The number of hydrogen-bond donors (Lipinski definition) is 0. The van der Waals surface area contributed by atoms with E-state index in [2.05, 4.69) is 0 Å². The first-order valence-electron chi connectivity index (χ1n) is 8.28. The average Bonchev–Trinajstić information content (AvgIpc) is 2.61. The first kappa shape index (κ1) is 19.5. The van der Waals surface area contributed by atoms with E-state index in [1.165, 1.54) is 12.1 Å². The van der Waals surface area contributed by atoms with Gasteiger partial charge in [-0.3, -0.25) is 0 Å². The van der Waals surface area contributed by atoms with Gasteiger partial charge < -0.3 is 4.74 Å². The number of nitriles is 1. The minimum absolute atomic E-state index is 0.206. The highest BCUT2D eigenvalue weighted by Gasteiger charge is 2.35. The van der Waals surface area contributed by atoms with E-state index >= 15 is 0 Å². The fourth-order valence-corrected chi connectivity index (χ4v) is 3.49. The van der Waals surface area contributed by atoms with Crippen molar-refractivity contribution in [3.05, 3.63) is 47.3 Å². The average molecular weight is 355 g/mol. The third-order valence-electron chi connectivity index (χ3n) is 5.07. The number of allylic oxidation sites excluding steroid dienone is 2. The van der Waals surface area contributed by atoms with Crippen LogP contribution < -0.4 is 0 Å². The largest absolute Gasteiger partial charge is 0.416 e. The lowest BCUT2D eigenvalue weighted by Crippen LogP contribution is -2.35. The number of methoxy groups -OCH3 is 1. The van der Waals surface area contributed by atoms with Gasteiger partial charge in [-0.05, 0) is 68.2 Å². The van der Waals surface area contributed by atoms with Crippen LogP contribution in [0.25, 0.3) is 0 Å². The van der Waals surface area contributed by atoms with E-state index in [0.717, 1.165) is 43.4 Å². The second-order valence-electron chi connectivity index (χ2n) is 6.48. The Labute approximate surface area is 145 Å². The molecule has 0 amide bonds. The molecule has 6 heteroatoms. The zero-order valence-corrected chi connectivity index (χ0v) is 14.1. The highest BCUT2D eigenvalue weighted by molar-refractivity contribution is 5.27. The van der Waals surface area contributed by atoms with E-state index in [4.69, 9.17) is 10.00 Å². The number of ether oxygens (including phenoxy) is 1. The molecule has 0 spiro atoms. The predicted molar refractivity (Wildman–Crippen MR) is 86.4 cm³/mol. The molecular formula is C19H21F4NO. The summed E-state index contributed by atoms with van der Waals surface area (Å²) in [5, 5.41) is 8.43. The summed E-state index contributed by atoms with van der Waals surface area (Å²) in [5.41, 5.74) is -0.0769. The highest BCUT2D eigenvalue weighted by Crippen LogP contribution is 2.42. The molecule has 1 aromatic rings. The summed E-state index contributed by atoms with van der Waals surface area (Å²) in [7, 11) is 1.63. The van der Waals surface area contributed by atoms with Gasteiger partial charge in [-0.25, -0.2) is 0 Å². The SMILES string of the molecule is CO[C@]1(CCC=C(F)C#N)CC[C@H](c2ccc(C(F)(F)F)cc2)CC1. The van der Waals surface area contributed by atoms with Crippen molar-refractivity contribution in [3.8, 4) is 6.07 Å². The number of hydrogen-bond acceptors (Lipinski definition) is 2. The maximum atomic E-state index is 12.9. The number of alkyl halides is 3. The van der Waals surface area contributed by atoms with Gasteiger partial charge in [0, 0.05) is 7.11 Å². The molecule has 0 N–H and O–H groups in total. The summed E-state index contributed by atoms with van der Waals surface area (Å²) in [4.78, 5) is 0. The number of nitrogens with zero attached hydrogens (tertiary/aromatic N) is 1. The van der Waals surface area contributed by atoms with E-state index in [1.54, 1.807) is 19.2 Å². The van der Waals surface area contributed by atoms with Crippen LogP contribution >= 0.6 is 0 Å². The second-order valence-corrected chi connectivity index (χ2v) is 6.48. The molecule has 0 radical (unpaired) electrons. The second kappa shape index (κ2) is 8.01. The van der Waals surface area contributed by atoms with Gasteiger partial charge in [0.05, 0.1) is 11.2 Å². The summed E-state index contributed by atoms with van der Waals surface area (Å²) in [6.45, 7) is 0. The van der Waals surface area contributed by atoms with Gasteiger partial charge in [0.25, 0.3) is 0 Å². The molecule has 2 rings (SSSR count). The molecule has 1 aromatic carbocycles. The van der Waals surface area contributed by atoms with Gasteiger partial charge in [0.15, 0.2) is 5.83 Å². The summed E-state index contributed by atoms with van der Waals surface area (Å²) in [5.74, 6) is -0.582. The Balaban J connectivity index is 1.96. The molecule has 0 bridgehead atoms. The first-order chi connectivity index (χ1) is 11.8. The minimum atomic E-state index is -4.32. The van der Waals surface area contributed by atoms with Gasteiger partial charge in [0.2, 0.25) is 0 Å². The number of benzene rings is 1. The van der Waals surface area contributed by atoms with Crippen LogP contribution in [0.1, 0.15) is 55.6 Å². The molecule has 0 unspecified atom stereocenters. The van der Waals surface area contributed by atoms with Crippen molar-refractivity contribution >= 4 is 0 Å². The van der Waals surface area contributed by atoms with Gasteiger partial charge in [-0.15, -0.1) is 0 Å². The summed E-state index contributed by atoms with van der Waals surface area (Å²) in [6.07, 6.45) is 1.14. The quantitative estimate of drug-likeness (QED) is 0.486. The Morgan fingerprint density at radius 2 is 1.88 bits per heavy atom. The Morgan fingerprint density at radius 1 is 1.28 bits per heavy atom. The smallest absolute Gasteiger partial charge is 0.378 e. The maximum Gasteiger partial charge on any atom is 0.416 e. The zero-order chi connectivity index (χ0) is 18.5. The predicted octanol–water partition coefficient (Wildman–Crippen LogP) is 5.91. The third-order valence-corrected chi connectivity index (χ3v) is 5.07. The fraction of sp³-hybridized carbons (Fsp3) is 0.526. The first-order valence-corrected chi connectivity index (χ1v) is 8.28. The van der Waals surface area contributed by atoms with E-state index < -0.39 is 17.6 Å². The normalized spacial score (nSPS) is 24.8. The van der Waals surface area contributed by atoms with Crippen LogP contribution in [0.3, 0.4) is 0 Å². The standard InChI is InChI=1S/C19H21F4NO/c1-25-18(10-2-3-17(20)13-24)11-8-15(9-12-18)14-4-6-16(7-5-14)19(21,22)23/h3-7,15H,2,8-12H2,1H3/t15-,18+. The van der Waals surface area contributed by atoms with Crippen LogP contribution in [0.15, 0.2) is 36.2 Å². The van der Waals surface area contributed by atoms with Gasteiger partial charge in [-0.2, -0.15) is 22.8 Å². The molecule has 0 atom stereocenters. The molecule has 0 aliphatic heterocycles. The number of rotatable bonds is 5. The molecule has 25 heavy (non-hydrogen) atoms. The van der Waals surface area contributed by atoms with Gasteiger partial charge in [-0.1, -0.05) is 12.1 Å². The fourth-order valence-electron chi connectivity index (χ4n) is 3.49. The summed E-state index contributed by atoms with van der Waals surface area (Å²) in [6, 6.07) is 6.81. The van der Waals surface area contributed by atoms with E-state index in [0.29, 0.717) is 12.8 Å². The van der Waals surface area contributed by atoms with Crippen LogP contribution in [0.2, 0.25) is 0 Å². The Bertz CT molecular complexity index is 635. The summed E-state index contributed by atoms with van der Waals surface area (Å²) >= 11 is 0. The molecule has 2 nitrogen and oxygen atoms in total. The lowest BCUT2D eigenvalue weighted by Gasteiger charge is -2.39. The monoisotopic (exact) mass is 355 g/mol. The van der Waals surface area contributed by atoms with Crippen LogP contribution in [-0.2, 0) is 10.9 Å². The van der Waals surface area contributed by atoms with Crippen molar-refractivity contribution < 1.29 is 22.3 Å². The van der Waals surface area contributed by atoms with Crippen molar-refractivity contribution in [3.63, 3.8) is 0 Å². The lowest BCUT2D eigenvalue weighted by molar-refractivity contribution is -0.137. The molecule has 0 aromatic heterocycles. The van der Waals surface area contributed by atoms with Gasteiger partial charge >= 0.3 is 6.18 Å². The van der Waals surface area contributed by atoms with Crippen molar-refractivity contribution in [2.45, 2.75) is 56.2 Å². The van der Waals surface area contributed by atoms with Crippen molar-refractivity contribution in [2.24, 2.45) is 0 Å². The topological polar surface area (TPSA) is 33.0 Å². The Morgan fingerprint density at radius 3 is 2.36 bits per heavy atom. The molecular weight excluding hydrogens is 334 g/mol. The van der Waals surface area contributed by atoms with Crippen molar-refractivity contribution in [1.82, 2.24) is 0 Å². The van der Waals surface area contributed by atoms with E-state index in [-0.39, 0.29) is 11.5 Å². The lowest BCUT2D eigenvalue weighted by atomic mass is 9.74. The molecule has 0 heterocycles. The molecule has 0 saturated heterocycles. The van der Waals surface area contributed by atoms with E-state index in [1.807, 2.05) is 0 Å². The number of halogens is 4. The Hall–Kier alpha value is -1.87. The van der Waals surface area contributed by atoms with Crippen LogP contribution in [0.5, 0.6) is 0 Å². The molecule has 1 fully saturated rings. The third kappa shape index (κ3) is 5.05. The van der Waals surface area contributed by atoms with Crippen LogP contribution in [-0.4, -0.2) is 12.7 Å². The highest BCUT2D eigenvalue weighted by atomic mass is 19.4. The molecule has 136 valence electrons. The molecule has 1 aliphatic rings. The molecule has 1 saturated carbocycles. The van der Waals surface area contributed by atoms with E-state index in [9.17, 15) is 17.6 Å². The minimum Gasteiger partial charge on any atom is -0.378 e. The maximum absolute atomic E-state index is 12.9. The molecule has 1 aliphatic carbocycles. The van der Waals surface area contributed by atoms with Crippen molar-refractivity contribution in [2.75, 3.05) is 7.11 Å². The summed E-state index contributed by atoms with van der Waals surface area (Å²) < 4.78 is 56.5. The van der Waals surface area contributed by atoms with Crippen LogP contribution in [0, 0.1) is 11.3 Å². The van der Waals surface area contributed by atoms with Gasteiger partial charge in [0.1, 0.15) is 6.07 Å². The zero-order valence-electron chi connectivity index (χ0n) is 14.1. The van der Waals surface area contributed by atoms with Crippen LogP contribution in [0.4, 0.5) is 17.6 Å².